The van der Waals surface area contributed by atoms with Gasteiger partial charge >= 0.3 is 5.97 Å². The van der Waals surface area contributed by atoms with Crippen LogP contribution in [0.1, 0.15) is 0 Å². The lowest BCUT2D eigenvalue weighted by atomic mass is 10.3. The van der Waals surface area contributed by atoms with Crippen LogP contribution in [-0.2, 0) is 14.8 Å². The third kappa shape index (κ3) is 2.23. The number of hydrogen-bond donors (Lipinski definition) is 1. The molecule has 1 aliphatic heterocycles. The van der Waals surface area contributed by atoms with Gasteiger partial charge in [-0.3, -0.25) is 0 Å². The fourth-order valence-electron chi connectivity index (χ4n) is 1.27. The van der Waals surface area contributed by atoms with Crippen LogP contribution in [0.5, 0.6) is 5.75 Å². The first-order valence-electron chi connectivity index (χ1n) is 4.68. The van der Waals surface area contributed by atoms with Gasteiger partial charge in [-0.2, -0.15) is 12.8 Å². The number of esters is 1. The minimum absolute atomic E-state index is 0.00352. The lowest BCUT2D eigenvalue weighted by Crippen LogP contribution is -2.19. The summed E-state index contributed by atoms with van der Waals surface area (Å²) in [4.78, 5) is 10.9. The van der Waals surface area contributed by atoms with Crippen LogP contribution in [0.2, 0.25) is 0 Å². The summed E-state index contributed by atoms with van der Waals surface area (Å²) in [5, 5.41) is 0. The van der Waals surface area contributed by atoms with Crippen molar-refractivity contribution in [2.45, 2.75) is 0 Å². The first-order chi connectivity index (χ1) is 8.40. The molecular weight excluding hydrogens is 263 g/mol. The van der Waals surface area contributed by atoms with Crippen LogP contribution < -0.4 is 10.5 Å². The molecule has 94 valence electrons. The maximum Gasteiger partial charge on any atom is 0.359 e. The summed E-state index contributed by atoms with van der Waals surface area (Å²) in [7, 11) is -4.09. The number of nitrogens with two attached hydrogens (primary N) is 1. The van der Waals surface area contributed by atoms with Gasteiger partial charge in [0, 0.05) is 0 Å². The van der Waals surface area contributed by atoms with Gasteiger partial charge in [-0.05, 0) is 24.3 Å². The van der Waals surface area contributed by atoms with Gasteiger partial charge in [-0.1, -0.05) is 0 Å². The second-order valence-corrected chi connectivity index (χ2v) is 4.91. The molecule has 0 bridgehead atoms. The fourth-order valence-corrected chi connectivity index (χ4v) is 2.23. The van der Waals surface area contributed by atoms with Crippen LogP contribution >= 0.6 is 0 Å². The molecule has 1 aliphatic rings. The van der Waals surface area contributed by atoms with Crippen LogP contribution in [0.3, 0.4) is 0 Å². The monoisotopic (exact) mass is 270 g/mol. The molecule has 0 unspecified atom stereocenters. The number of rotatable bonds is 2. The van der Waals surface area contributed by atoms with E-state index in [0.717, 1.165) is 18.3 Å². The summed E-state index contributed by atoms with van der Waals surface area (Å²) in [6, 6.07) is 4.51. The fraction of sp³-hybridized carbons (Fsp3) is 0. The van der Waals surface area contributed by atoms with E-state index in [-0.39, 0.29) is 11.4 Å². The maximum absolute atomic E-state index is 12.6. The molecule has 0 fully saturated rings. The van der Waals surface area contributed by atoms with E-state index in [9.17, 15) is 17.6 Å². The number of hydrogen-bond acceptors (Lipinski definition) is 5. The molecule has 8 heteroatoms. The Morgan fingerprint density at radius 1 is 1.28 bits per heavy atom. The van der Waals surface area contributed by atoms with Crippen molar-refractivity contribution in [1.82, 2.24) is 0 Å². The van der Waals surface area contributed by atoms with Crippen molar-refractivity contribution in [2.24, 2.45) is 10.1 Å². The third-order valence-electron chi connectivity index (χ3n) is 2.06. The van der Waals surface area contributed by atoms with Crippen LogP contribution in [0.4, 0.5) is 4.39 Å². The van der Waals surface area contributed by atoms with Gasteiger partial charge in [0.05, 0.1) is 11.9 Å². The molecule has 18 heavy (non-hydrogen) atoms. The van der Waals surface area contributed by atoms with E-state index in [0.29, 0.717) is 0 Å². The molecule has 1 aromatic carbocycles. The number of allylic oxidation sites excluding steroid dienone is 1. The normalized spacial score (nSPS) is 16.9. The molecule has 0 aromatic heterocycles. The zero-order valence-electron chi connectivity index (χ0n) is 8.83. The van der Waals surface area contributed by atoms with Gasteiger partial charge < -0.3 is 10.5 Å². The summed E-state index contributed by atoms with van der Waals surface area (Å²) in [6.07, 6.45) is 0.858. The highest BCUT2D eigenvalue weighted by atomic mass is 32.2. The van der Waals surface area contributed by atoms with E-state index in [1.54, 1.807) is 0 Å². The van der Waals surface area contributed by atoms with Crippen LogP contribution in [0, 0.1) is 5.82 Å². The van der Waals surface area contributed by atoms with Crippen molar-refractivity contribution in [3.05, 3.63) is 40.7 Å². The number of benzene rings is 1. The van der Waals surface area contributed by atoms with Crippen LogP contribution in [0.25, 0.3) is 0 Å². The Labute approximate surface area is 102 Å². The van der Waals surface area contributed by atoms with Gasteiger partial charge in [0.25, 0.3) is 10.0 Å². The molecule has 0 amide bonds. The summed E-state index contributed by atoms with van der Waals surface area (Å²) in [5.74, 6) is -1.66. The smallest absolute Gasteiger partial charge is 0.359 e. The lowest BCUT2D eigenvalue weighted by Gasteiger charge is -2.04. The quantitative estimate of drug-likeness (QED) is 0.616. The summed E-state index contributed by atoms with van der Waals surface area (Å²) in [6.45, 7) is 0. The molecule has 1 aromatic rings. The molecule has 0 saturated heterocycles. The van der Waals surface area contributed by atoms with Crippen molar-refractivity contribution in [1.29, 1.82) is 0 Å². The Bertz CT molecular complexity index is 662. The lowest BCUT2D eigenvalue weighted by molar-refractivity contribution is -0.129. The van der Waals surface area contributed by atoms with E-state index in [1.807, 2.05) is 0 Å². The average molecular weight is 270 g/mol. The van der Waals surface area contributed by atoms with Gasteiger partial charge in [-0.15, -0.1) is 0 Å². The molecule has 0 aliphatic carbocycles. The molecule has 6 nitrogen and oxygen atoms in total. The molecule has 1 heterocycles. The maximum atomic E-state index is 12.6. The van der Waals surface area contributed by atoms with Crippen LogP contribution in [-0.4, -0.2) is 20.6 Å². The summed E-state index contributed by atoms with van der Waals surface area (Å²) >= 11 is 0. The standard InChI is InChI=1S/C10H7FN2O4S/c11-6-1-3-7(4-2-6)17-10(14)9-8(12)5-13-18(9,15)16/h1-5H,12H2. The van der Waals surface area contributed by atoms with E-state index >= 15 is 0 Å². The Morgan fingerprint density at radius 3 is 2.39 bits per heavy atom. The molecular formula is C10H7FN2O4S. The van der Waals surface area contributed by atoms with E-state index < -0.39 is 26.7 Å². The molecule has 0 radical (unpaired) electrons. The van der Waals surface area contributed by atoms with Crippen molar-refractivity contribution in [3.8, 4) is 5.75 Å². The van der Waals surface area contributed by atoms with Crippen molar-refractivity contribution >= 4 is 22.2 Å². The highest BCUT2D eigenvalue weighted by Gasteiger charge is 2.33. The van der Waals surface area contributed by atoms with Gasteiger partial charge in [-0.25, -0.2) is 9.18 Å². The zero-order valence-corrected chi connectivity index (χ0v) is 9.65. The number of carbonyl (C=O) groups is 1. The highest BCUT2D eigenvalue weighted by molar-refractivity contribution is 7.95. The summed E-state index contributed by atoms with van der Waals surface area (Å²) in [5.41, 5.74) is 5.03. The van der Waals surface area contributed by atoms with Gasteiger partial charge in [0.1, 0.15) is 11.6 Å². The first kappa shape index (κ1) is 12.2. The topological polar surface area (TPSA) is 98.8 Å². The van der Waals surface area contributed by atoms with Crippen LogP contribution in [0.15, 0.2) is 39.3 Å². The Hall–Kier alpha value is -2.22. The molecule has 2 rings (SSSR count). The second kappa shape index (κ2) is 4.22. The molecule has 0 saturated carbocycles. The molecule has 0 spiro atoms. The van der Waals surface area contributed by atoms with E-state index in [2.05, 4.69) is 4.40 Å². The predicted molar refractivity (Wildman–Crippen MR) is 60.7 cm³/mol. The average Bonchev–Trinajstić information content (AvgIpc) is 2.56. The molecule has 0 atom stereocenters. The second-order valence-electron chi connectivity index (χ2n) is 3.34. The number of carbonyl (C=O) groups excluding carboxylic acids is 1. The largest absolute Gasteiger partial charge is 0.422 e. The van der Waals surface area contributed by atoms with Gasteiger partial charge in [0.2, 0.25) is 0 Å². The SMILES string of the molecule is NC1=C(C(=O)Oc2ccc(F)cc2)S(=O)(=O)N=C1. The summed E-state index contributed by atoms with van der Waals surface area (Å²) < 4.78 is 43.2. The Kier molecular flexibility index (Phi) is 2.87. The van der Waals surface area contributed by atoms with Crippen molar-refractivity contribution < 1.29 is 22.3 Å². The minimum Gasteiger partial charge on any atom is -0.422 e. The van der Waals surface area contributed by atoms with E-state index in [4.69, 9.17) is 10.5 Å². The van der Waals surface area contributed by atoms with Gasteiger partial charge in [0.15, 0.2) is 4.91 Å². The zero-order chi connectivity index (χ0) is 13.3. The number of halogens is 1. The van der Waals surface area contributed by atoms with E-state index in [1.165, 1.54) is 12.1 Å². The molecule has 2 N–H and O–H groups in total. The highest BCUT2D eigenvalue weighted by Crippen LogP contribution is 2.20. The van der Waals surface area contributed by atoms with Crippen molar-refractivity contribution in [2.75, 3.05) is 0 Å². The Morgan fingerprint density at radius 2 is 1.89 bits per heavy atom. The first-order valence-corrected chi connectivity index (χ1v) is 6.12. The number of sulfonamides is 1. The minimum atomic E-state index is -4.09. The third-order valence-corrected chi connectivity index (χ3v) is 3.36. The Balaban J connectivity index is 2.25. The predicted octanol–water partition coefficient (Wildman–Crippen LogP) is 0.316. The number of ether oxygens (including phenoxy) is 1. The number of nitrogens with zero attached hydrogens (tertiary/aromatic N) is 1. The van der Waals surface area contributed by atoms with Crippen molar-refractivity contribution in [3.63, 3.8) is 0 Å².